The highest BCUT2D eigenvalue weighted by atomic mass is 32.2. The first kappa shape index (κ1) is 14.2. The van der Waals surface area contributed by atoms with Crippen molar-refractivity contribution in [2.24, 2.45) is 0 Å². The summed E-state index contributed by atoms with van der Waals surface area (Å²) in [4.78, 5) is 14.4. The molecule has 0 radical (unpaired) electrons. The van der Waals surface area contributed by atoms with Gasteiger partial charge in [0.05, 0.1) is 12.9 Å². The summed E-state index contributed by atoms with van der Waals surface area (Å²) in [6.45, 7) is 1.39. The van der Waals surface area contributed by atoms with Crippen LogP contribution in [0.15, 0.2) is 17.6 Å². The SMILES string of the molecule is C#CCN(CC(=O)O)S(=O)(=O)c1cn(CC)cn1. The normalized spacial score (nSPS) is 11.4. The number of aromatic nitrogens is 2. The predicted molar refractivity (Wildman–Crippen MR) is 63.1 cm³/mol. The number of hydrogen-bond acceptors (Lipinski definition) is 4. The van der Waals surface area contributed by atoms with E-state index in [0.29, 0.717) is 10.8 Å². The molecule has 0 saturated carbocycles. The van der Waals surface area contributed by atoms with Gasteiger partial charge < -0.3 is 9.67 Å². The number of rotatable bonds is 6. The van der Waals surface area contributed by atoms with E-state index in [2.05, 4.69) is 10.9 Å². The molecule has 8 heteroatoms. The largest absolute Gasteiger partial charge is 0.480 e. The summed E-state index contributed by atoms with van der Waals surface area (Å²) in [6, 6.07) is 0. The Morgan fingerprint density at radius 2 is 2.33 bits per heavy atom. The number of imidazole rings is 1. The van der Waals surface area contributed by atoms with Crippen LogP contribution >= 0.6 is 0 Å². The fourth-order valence-corrected chi connectivity index (χ4v) is 2.49. The van der Waals surface area contributed by atoms with E-state index in [0.717, 1.165) is 0 Å². The second-order valence-electron chi connectivity index (χ2n) is 3.41. The maximum absolute atomic E-state index is 12.1. The van der Waals surface area contributed by atoms with Gasteiger partial charge in [0.2, 0.25) is 0 Å². The van der Waals surface area contributed by atoms with E-state index < -0.39 is 22.5 Å². The Balaban J connectivity index is 3.08. The molecule has 0 bridgehead atoms. The molecule has 1 rings (SSSR count). The average Bonchev–Trinajstić information content (AvgIpc) is 2.77. The van der Waals surface area contributed by atoms with Crippen molar-refractivity contribution in [1.29, 1.82) is 0 Å². The molecule has 1 aromatic heterocycles. The van der Waals surface area contributed by atoms with Crippen molar-refractivity contribution in [3.05, 3.63) is 12.5 Å². The fourth-order valence-electron chi connectivity index (χ4n) is 1.26. The van der Waals surface area contributed by atoms with Crippen LogP contribution < -0.4 is 0 Å². The summed E-state index contributed by atoms with van der Waals surface area (Å²) < 4.78 is 26.4. The lowest BCUT2D eigenvalue weighted by atomic mass is 10.6. The molecule has 1 heterocycles. The Morgan fingerprint density at radius 3 is 2.78 bits per heavy atom. The monoisotopic (exact) mass is 271 g/mol. The minimum Gasteiger partial charge on any atom is -0.480 e. The molecule has 0 aliphatic rings. The molecular formula is C10H13N3O4S. The lowest BCUT2D eigenvalue weighted by Crippen LogP contribution is -2.36. The van der Waals surface area contributed by atoms with Gasteiger partial charge in [0.1, 0.15) is 6.54 Å². The number of carbonyl (C=O) groups is 1. The van der Waals surface area contributed by atoms with Crippen LogP contribution in [0.25, 0.3) is 0 Å². The summed E-state index contributed by atoms with van der Waals surface area (Å²) in [5, 5.41) is 8.46. The number of aliphatic carboxylic acids is 1. The van der Waals surface area contributed by atoms with Gasteiger partial charge in [0.25, 0.3) is 10.0 Å². The van der Waals surface area contributed by atoms with Gasteiger partial charge in [-0.05, 0) is 6.92 Å². The second-order valence-corrected chi connectivity index (χ2v) is 5.30. The van der Waals surface area contributed by atoms with Crippen LogP contribution in [-0.2, 0) is 21.4 Å². The summed E-state index contributed by atoms with van der Waals surface area (Å²) in [5.41, 5.74) is 0. The Kier molecular flexibility index (Phi) is 4.47. The number of nitrogens with zero attached hydrogens (tertiary/aromatic N) is 3. The smallest absolute Gasteiger partial charge is 0.318 e. The molecule has 0 fully saturated rings. The molecule has 0 atom stereocenters. The van der Waals surface area contributed by atoms with Gasteiger partial charge in [-0.2, -0.15) is 4.31 Å². The van der Waals surface area contributed by atoms with Crippen molar-refractivity contribution in [3.8, 4) is 12.3 Å². The van der Waals surface area contributed by atoms with Crippen molar-refractivity contribution in [3.63, 3.8) is 0 Å². The zero-order valence-electron chi connectivity index (χ0n) is 9.78. The van der Waals surface area contributed by atoms with Crippen molar-refractivity contribution < 1.29 is 18.3 Å². The maximum atomic E-state index is 12.1. The quantitative estimate of drug-likeness (QED) is 0.711. The van der Waals surface area contributed by atoms with Gasteiger partial charge >= 0.3 is 5.97 Å². The molecular weight excluding hydrogens is 258 g/mol. The fraction of sp³-hybridized carbons (Fsp3) is 0.400. The standard InChI is InChI=1S/C10H13N3O4S/c1-3-5-13(7-10(14)15)18(16,17)9-6-12(4-2)8-11-9/h1,6,8H,4-5,7H2,2H3,(H,14,15). The van der Waals surface area contributed by atoms with Gasteiger partial charge in [-0.15, -0.1) is 6.42 Å². The third-order valence-corrected chi connectivity index (χ3v) is 3.84. The lowest BCUT2D eigenvalue weighted by molar-refractivity contribution is -0.137. The summed E-state index contributed by atoms with van der Waals surface area (Å²) >= 11 is 0. The summed E-state index contributed by atoms with van der Waals surface area (Å²) in [5.74, 6) is 0.844. The Bertz CT molecular complexity index is 570. The zero-order valence-corrected chi connectivity index (χ0v) is 10.6. The molecule has 0 aliphatic carbocycles. The highest BCUT2D eigenvalue weighted by molar-refractivity contribution is 7.89. The summed E-state index contributed by atoms with van der Waals surface area (Å²) in [6.07, 6.45) is 7.73. The molecule has 1 aromatic rings. The van der Waals surface area contributed by atoms with E-state index in [4.69, 9.17) is 11.5 Å². The first-order chi connectivity index (χ1) is 8.41. The summed E-state index contributed by atoms with van der Waals surface area (Å²) in [7, 11) is -3.97. The highest BCUT2D eigenvalue weighted by Crippen LogP contribution is 2.12. The Hall–Kier alpha value is -1.85. The molecule has 0 unspecified atom stereocenters. The number of aryl methyl sites for hydroxylation is 1. The molecule has 0 spiro atoms. The second kappa shape index (κ2) is 5.66. The number of carboxylic acid groups (broad SMARTS) is 1. The molecule has 0 saturated heterocycles. The first-order valence-electron chi connectivity index (χ1n) is 5.09. The van der Waals surface area contributed by atoms with E-state index in [9.17, 15) is 13.2 Å². The lowest BCUT2D eigenvalue weighted by Gasteiger charge is -2.15. The molecule has 98 valence electrons. The van der Waals surface area contributed by atoms with Crippen LogP contribution in [0.4, 0.5) is 0 Å². The van der Waals surface area contributed by atoms with Gasteiger partial charge in [0, 0.05) is 12.7 Å². The number of terminal acetylenes is 1. The highest BCUT2D eigenvalue weighted by Gasteiger charge is 2.27. The van der Waals surface area contributed by atoms with Gasteiger partial charge in [-0.1, -0.05) is 5.92 Å². The van der Waals surface area contributed by atoms with Crippen LogP contribution in [0.1, 0.15) is 6.92 Å². The molecule has 1 N–H and O–H groups in total. The van der Waals surface area contributed by atoms with Crippen molar-refractivity contribution in [2.45, 2.75) is 18.5 Å². The molecule has 0 aliphatic heterocycles. The van der Waals surface area contributed by atoms with E-state index in [1.54, 1.807) is 4.57 Å². The van der Waals surface area contributed by atoms with E-state index >= 15 is 0 Å². The molecule has 18 heavy (non-hydrogen) atoms. The van der Waals surface area contributed by atoms with Crippen molar-refractivity contribution in [2.75, 3.05) is 13.1 Å². The van der Waals surface area contributed by atoms with Crippen molar-refractivity contribution >= 4 is 16.0 Å². The van der Waals surface area contributed by atoms with Crippen molar-refractivity contribution in [1.82, 2.24) is 13.9 Å². The van der Waals surface area contributed by atoms with Gasteiger partial charge in [-0.3, -0.25) is 4.79 Å². The predicted octanol–water partition coefficient (Wildman–Crippen LogP) is -0.389. The average molecular weight is 271 g/mol. The van der Waals surface area contributed by atoms with Crippen LogP contribution in [0, 0.1) is 12.3 Å². The topological polar surface area (TPSA) is 92.5 Å². The minimum atomic E-state index is -3.97. The zero-order chi connectivity index (χ0) is 13.8. The third kappa shape index (κ3) is 3.09. The van der Waals surface area contributed by atoms with E-state index in [1.165, 1.54) is 12.5 Å². The maximum Gasteiger partial charge on any atom is 0.318 e. The minimum absolute atomic E-state index is 0.208. The van der Waals surface area contributed by atoms with Crippen LogP contribution in [0.2, 0.25) is 0 Å². The number of sulfonamides is 1. The van der Waals surface area contributed by atoms with Gasteiger partial charge in [-0.25, -0.2) is 13.4 Å². The van der Waals surface area contributed by atoms with E-state index in [1.807, 2.05) is 6.92 Å². The van der Waals surface area contributed by atoms with Crippen LogP contribution in [0.3, 0.4) is 0 Å². The molecule has 7 nitrogen and oxygen atoms in total. The van der Waals surface area contributed by atoms with Crippen LogP contribution in [-0.4, -0.2) is 46.4 Å². The van der Waals surface area contributed by atoms with Gasteiger partial charge in [0.15, 0.2) is 5.03 Å². The Morgan fingerprint density at radius 1 is 1.67 bits per heavy atom. The Labute approximate surface area is 105 Å². The first-order valence-corrected chi connectivity index (χ1v) is 6.53. The third-order valence-electron chi connectivity index (χ3n) is 2.16. The number of carboxylic acids is 1. The number of hydrogen-bond donors (Lipinski definition) is 1. The molecule has 0 aromatic carbocycles. The molecule has 0 amide bonds. The van der Waals surface area contributed by atoms with Crippen LogP contribution in [0.5, 0.6) is 0 Å². The van der Waals surface area contributed by atoms with E-state index in [-0.39, 0.29) is 11.6 Å².